The molecule has 0 aliphatic heterocycles. The lowest BCUT2D eigenvalue weighted by Gasteiger charge is -2.06. The van der Waals surface area contributed by atoms with Crippen LogP contribution in [0.4, 0.5) is 13.2 Å². The zero-order chi connectivity index (χ0) is 10.0. The number of hydrogen-bond donors (Lipinski definition) is 0. The molecule has 0 fully saturated rings. The van der Waals surface area contributed by atoms with E-state index in [1.807, 2.05) is 0 Å². The molecule has 1 aromatic heterocycles. The molecule has 0 saturated heterocycles. The molecule has 13 heavy (non-hydrogen) atoms. The van der Waals surface area contributed by atoms with Crippen LogP contribution in [-0.4, -0.2) is 12.1 Å². The molecular weight excluding hydrogens is 251 g/mol. The van der Waals surface area contributed by atoms with Crippen LogP contribution in [0.1, 0.15) is 12.0 Å². The normalized spacial score (nSPS) is 10.6. The molecule has 1 aromatic rings. The van der Waals surface area contributed by atoms with Crippen molar-refractivity contribution in [1.82, 2.24) is 4.98 Å². The summed E-state index contributed by atoms with van der Waals surface area (Å²) in [5, 5.41) is 0. The van der Waals surface area contributed by atoms with Gasteiger partial charge in [0, 0.05) is 0 Å². The van der Waals surface area contributed by atoms with Crippen LogP contribution in [-0.2, 0) is 0 Å². The highest BCUT2D eigenvalue weighted by Gasteiger charge is 2.17. The molecule has 0 unspecified atom stereocenters. The Bertz CT molecular complexity index is 319. The number of rotatable bonds is 2. The third kappa shape index (κ3) is 2.12. The van der Waals surface area contributed by atoms with Crippen LogP contribution >= 0.6 is 15.9 Å². The van der Waals surface area contributed by atoms with E-state index >= 15 is 0 Å². The van der Waals surface area contributed by atoms with Gasteiger partial charge in [-0.3, -0.25) is 0 Å². The second-order valence-electron chi connectivity index (χ2n) is 2.16. The number of ether oxygens (including phenoxy) is 1. The highest BCUT2D eigenvalue weighted by atomic mass is 79.9. The van der Waals surface area contributed by atoms with Gasteiger partial charge in [0.15, 0.2) is 5.75 Å². The summed E-state index contributed by atoms with van der Waals surface area (Å²) in [5.74, 6) is -1.21. The molecule has 72 valence electrons. The molecule has 0 radical (unpaired) electrons. The Morgan fingerprint density at radius 3 is 2.62 bits per heavy atom. The summed E-state index contributed by atoms with van der Waals surface area (Å²) in [6.45, 7) is 0. The maximum atomic E-state index is 12.8. The number of methoxy groups -OCH3 is 1. The first kappa shape index (κ1) is 10.3. The van der Waals surface area contributed by atoms with E-state index in [0.717, 1.165) is 6.07 Å². The Balaban J connectivity index is 3.22. The summed E-state index contributed by atoms with van der Waals surface area (Å²) in [6.07, 6.45) is -2.71. The van der Waals surface area contributed by atoms with E-state index < -0.39 is 17.9 Å². The second kappa shape index (κ2) is 3.95. The molecule has 1 heterocycles. The predicted molar refractivity (Wildman–Crippen MR) is 43.4 cm³/mol. The van der Waals surface area contributed by atoms with E-state index in [9.17, 15) is 13.2 Å². The van der Waals surface area contributed by atoms with Gasteiger partial charge < -0.3 is 4.74 Å². The lowest BCUT2D eigenvalue weighted by molar-refractivity contribution is 0.149. The van der Waals surface area contributed by atoms with E-state index in [1.54, 1.807) is 0 Å². The molecule has 0 amide bonds. The molecule has 0 aromatic carbocycles. The Kier molecular flexibility index (Phi) is 3.13. The summed E-state index contributed by atoms with van der Waals surface area (Å²) in [4.78, 5) is 3.21. The molecule has 2 nitrogen and oxygen atoms in total. The number of halogens is 4. The number of hydrogen-bond acceptors (Lipinski definition) is 2. The summed E-state index contributed by atoms with van der Waals surface area (Å²) in [5.41, 5.74) is -0.391. The zero-order valence-electron chi connectivity index (χ0n) is 6.52. The molecule has 1 rings (SSSR count). The van der Waals surface area contributed by atoms with Gasteiger partial charge in [-0.25, -0.2) is 13.8 Å². The monoisotopic (exact) mass is 255 g/mol. The highest BCUT2D eigenvalue weighted by Crippen LogP contribution is 2.30. The van der Waals surface area contributed by atoms with Crippen molar-refractivity contribution in [2.75, 3.05) is 7.11 Å². The van der Waals surface area contributed by atoms with E-state index in [-0.39, 0.29) is 10.4 Å². The van der Waals surface area contributed by atoms with Gasteiger partial charge in [-0.05, 0) is 22.0 Å². The minimum atomic E-state index is -2.71. The van der Waals surface area contributed by atoms with E-state index in [1.165, 1.54) is 7.11 Å². The fourth-order valence-corrected chi connectivity index (χ4v) is 1.21. The number of aromatic nitrogens is 1. The quantitative estimate of drug-likeness (QED) is 0.759. The fraction of sp³-hybridized carbons (Fsp3) is 0.286. The van der Waals surface area contributed by atoms with E-state index in [4.69, 9.17) is 0 Å². The van der Waals surface area contributed by atoms with Gasteiger partial charge in [-0.15, -0.1) is 0 Å². The SMILES string of the molecule is COc1cc(C(F)F)c(Br)nc1F. The van der Waals surface area contributed by atoms with Crippen LogP contribution in [0.5, 0.6) is 5.75 Å². The topological polar surface area (TPSA) is 22.1 Å². The maximum Gasteiger partial charge on any atom is 0.266 e. The summed E-state index contributed by atoms with van der Waals surface area (Å²) < 4.78 is 41.5. The molecule has 0 bridgehead atoms. The van der Waals surface area contributed by atoms with Crippen LogP contribution in [0.15, 0.2) is 10.7 Å². The Morgan fingerprint density at radius 2 is 2.15 bits per heavy atom. The van der Waals surface area contributed by atoms with Crippen LogP contribution in [0.25, 0.3) is 0 Å². The molecule has 0 aliphatic carbocycles. The number of pyridine rings is 1. The van der Waals surface area contributed by atoms with Gasteiger partial charge in [0.2, 0.25) is 0 Å². The first-order valence-corrected chi connectivity index (χ1v) is 4.03. The lowest BCUT2D eigenvalue weighted by atomic mass is 10.3. The van der Waals surface area contributed by atoms with Gasteiger partial charge >= 0.3 is 0 Å². The summed E-state index contributed by atoms with van der Waals surface area (Å²) >= 11 is 2.72. The van der Waals surface area contributed by atoms with Crippen molar-refractivity contribution in [3.8, 4) is 5.75 Å². The van der Waals surface area contributed by atoms with Crippen molar-refractivity contribution in [3.05, 3.63) is 22.2 Å². The first-order valence-electron chi connectivity index (χ1n) is 3.24. The van der Waals surface area contributed by atoms with Crippen molar-refractivity contribution in [3.63, 3.8) is 0 Å². The van der Waals surface area contributed by atoms with Gasteiger partial charge in [0.05, 0.1) is 12.7 Å². The van der Waals surface area contributed by atoms with Crippen molar-refractivity contribution in [2.24, 2.45) is 0 Å². The van der Waals surface area contributed by atoms with E-state index in [0.29, 0.717) is 0 Å². The molecule has 0 spiro atoms. The van der Waals surface area contributed by atoms with E-state index in [2.05, 4.69) is 25.7 Å². The molecule has 0 atom stereocenters. The van der Waals surface area contributed by atoms with Crippen LogP contribution < -0.4 is 4.74 Å². The smallest absolute Gasteiger partial charge is 0.266 e. The first-order chi connectivity index (χ1) is 6.06. The summed E-state index contributed by atoms with van der Waals surface area (Å²) in [6, 6.07) is 0.914. The van der Waals surface area contributed by atoms with Gasteiger partial charge in [-0.1, -0.05) is 0 Å². The predicted octanol–water partition coefficient (Wildman–Crippen LogP) is 2.93. The van der Waals surface area contributed by atoms with Crippen molar-refractivity contribution < 1.29 is 17.9 Å². The molecular formula is C7H5BrF3NO. The van der Waals surface area contributed by atoms with Crippen LogP contribution in [0.3, 0.4) is 0 Å². The third-order valence-corrected chi connectivity index (χ3v) is 2.01. The van der Waals surface area contributed by atoms with Crippen LogP contribution in [0.2, 0.25) is 0 Å². The minimum Gasteiger partial charge on any atom is -0.492 e. The average molecular weight is 256 g/mol. The molecule has 0 N–H and O–H groups in total. The van der Waals surface area contributed by atoms with Crippen LogP contribution in [0, 0.1) is 5.95 Å². The number of nitrogens with zero attached hydrogens (tertiary/aromatic N) is 1. The zero-order valence-corrected chi connectivity index (χ0v) is 8.11. The maximum absolute atomic E-state index is 12.8. The average Bonchev–Trinajstić information content (AvgIpc) is 2.03. The largest absolute Gasteiger partial charge is 0.492 e. The summed E-state index contributed by atoms with van der Waals surface area (Å²) in [7, 11) is 1.18. The minimum absolute atomic E-state index is 0.208. The Morgan fingerprint density at radius 1 is 1.54 bits per heavy atom. The standard InChI is InChI=1S/C7H5BrF3NO/c1-13-4-2-3(6(9)10)5(8)12-7(4)11/h2,6H,1H3. The fourth-order valence-electron chi connectivity index (χ4n) is 0.762. The Hall–Kier alpha value is -0.780. The Labute approximate surface area is 80.9 Å². The van der Waals surface area contributed by atoms with Crippen molar-refractivity contribution in [1.29, 1.82) is 0 Å². The van der Waals surface area contributed by atoms with Crippen molar-refractivity contribution in [2.45, 2.75) is 6.43 Å². The lowest BCUT2D eigenvalue weighted by Crippen LogP contribution is -1.97. The molecule has 0 saturated carbocycles. The van der Waals surface area contributed by atoms with Crippen molar-refractivity contribution >= 4 is 15.9 Å². The van der Waals surface area contributed by atoms with Gasteiger partial charge in [0.1, 0.15) is 4.60 Å². The molecule has 6 heteroatoms. The molecule has 0 aliphatic rings. The highest BCUT2D eigenvalue weighted by molar-refractivity contribution is 9.10. The number of alkyl halides is 2. The van der Waals surface area contributed by atoms with Gasteiger partial charge in [0.25, 0.3) is 12.4 Å². The van der Waals surface area contributed by atoms with Gasteiger partial charge in [-0.2, -0.15) is 4.39 Å². The second-order valence-corrected chi connectivity index (χ2v) is 2.91. The third-order valence-electron chi connectivity index (χ3n) is 1.38.